The summed E-state index contributed by atoms with van der Waals surface area (Å²) >= 11 is 6.13. The number of ether oxygens (including phenoxy) is 1. The summed E-state index contributed by atoms with van der Waals surface area (Å²) in [6.07, 6.45) is 0.377. The lowest BCUT2D eigenvalue weighted by molar-refractivity contribution is -0.117. The van der Waals surface area contributed by atoms with Gasteiger partial charge in [-0.05, 0) is 24.6 Å². The minimum atomic E-state index is -0.513. The van der Waals surface area contributed by atoms with Crippen molar-refractivity contribution in [2.24, 2.45) is 11.7 Å². The van der Waals surface area contributed by atoms with Crippen LogP contribution < -0.4 is 10.6 Å². The Morgan fingerprint density at radius 2 is 2.32 bits per heavy atom. The highest BCUT2D eigenvalue weighted by molar-refractivity contribution is 6.34. The lowest BCUT2D eigenvalue weighted by Gasteiger charge is -2.20. The third kappa shape index (κ3) is 2.57. The molecule has 6 heteroatoms. The van der Waals surface area contributed by atoms with E-state index in [0.717, 1.165) is 0 Å². The second-order valence-electron chi connectivity index (χ2n) is 4.44. The molecule has 1 unspecified atom stereocenters. The molecule has 2 N–H and O–H groups in total. The minimum Gasteiger partial charge on any atom is -0.465 e. The van der Waals surface area contributed by atoms with Crippen LogP contribution in [0.15, 0.2) is 18.2 Å². The number of hydrogen-bond acceptors (Lipinski definition) is 4. The Hall–Kier alpha value is -1.59. The van der Waals surface area contributed by atoms with Crippen LogP contribution in [0.2, 0.25) is 5.02 Å². The van der Waals surface area contributed by atoms with Crippen LogP contribution >= 0.6 is 11.6 Å². The number of esters is 1. The number of para-hydroxylation sites is 1. The normalized spacial score (nSPS) is 18.8. The van der Waals surface area contributed by atoms with Gasteiger partial charge in [-0.2, -0.15) is 0 Å². The Labute approximate surface area is 116 Å². The fraction of sp³-hybridized carbons (Fsp3) is 0.385. The molecule has 0 aliphatic carbocycles. The molecule has 0 radical (unpaired) electrons. The van der Waals surface area contributed by atoms with E-state index < -0.39 is 5.97 Å². The molecule has 1 amide bonds. The zero-order valence-electron chi connectivity index (χ0n) is 10.6. The van der Waals surface area contributed by atoms with Gasteiger partial charge in [-0.1, -0.05) is 17.7 Å². The maximum atomic E-state index is 12.0. The van der Waals surface area contributed by atoms with E-state index in [4.69, 9.17) is 22.1 Å². The minimum absolute atomic E-state index is 0.0753. The van der Waals surface area contributed by atoms with E-state index in [1.165, 1.54) is 12.0 Å². The molecular weight excluding hydrogens is 268 g/mol. The number of nitrogens with zero attached hydrogens (tertiary/aromatic N) is 1. The van der Waals surface area contributed by atoms with Crippen LogP contribution in [-0.2, 0) is 9.53 Å². The van der Waals surface area contributed by atoms with Crippen LogP contribution in [0.25, 0.3) is 0 Å². The van der Waals surface area contributed by atoms with Crippen molar-refractivity contribution in [1.29, 1.82) is 0 Å². The van der Waals surface area contributed by atoms with Gasteiger partial charge in [0.2, 0.25) is 5.91 Å². The molecule has 5 nitrogen and oxygen atoms in total. The number of benzene rings is 1. The van der Waals surface area contributed by atoms with Crippen LogP contribution in [0.5, 0.6) is 0 Å². The summed E-state index contributed by atoms with van der Waals surface area (Å²) in [5.74, 6) is -0.496. The topological polar surface area (TPSA) is 72.6 Å². The number of amides is 1. The van der Waals surface area contributed by atoms with Gasteiger partial charge < -0.3 is 15.4 Å². The molecular formula is C13H15ClN2O3. The second-order valence-corrected chi connectivity index (χ2v) is 4.84. The van der Waals surface area contributed by atoms with Gasteiger partial charge in [-0.3, -0.25) is 4.79 Å². The summed E-state index contributed by atoms with van der Waals surface area (Å²) in [4.78, 5) is 25.3. The molecule has 2 rings (SSSR count). The average Bonchev–Trinajstić information content (AvgIpc) is 2.78. The second kappa shape index (κ2) is 5.59. The summed E-state index contributed by atoms with van der Waals surface area (Å²) in [6.45, 7) is 0.906. The first kappa shape index (κ1) is 13.8. The Morgan fingerprint density at radius 1 is 1.58 bits per heavy atom. The summed E-state index contributed by atoms with van der Waals surface area (Å²) in [7, 11) is 1.29. The lowest BCUT2D eigenvalue weighted by atomic mass is 10.1. The molecule has 1 aromatic rings. The van der Waals surface area contributed by atoms with Crippen molar-refractivity contribution in [3.8, 4) is 0 Å². The highest BCUT2D eigenvalue weighted by atomic mass is 35.5. The van der Waals surface area contributed by atoms with E-state index in [2.05, 4.69) is 0 Å². The third-order valence-electron chi connectivity index (χ3n) is 3.20. The van der Waals surface area contributed by atoms with Crippen molar-refractivity contribution >= 4 is 29.2 Å². The Bertz CT molecular complexity index is 519. The zero-order valence-corrected chi connectivity index (χ0v) is 11.3. The number of carbonyl (C=O) groups excluding carboxylic acids is 2. The average molecular weight is 283 g/mol. The molecule has 0 aromatic heterocycles. The number of halogens is 1. The Kier molecular flexibility index (Phi) is 4.07. The third-order valence-corrected chi connectivity index (χ3v) is 3.51. The van der Waals surface area contributed by atoms with Gasteiger partial charge in [0.25, 0.3) is 0 Å². The van der Waals surface area contributed by atoms with Crippen LogP contribution in [0.3, 0.4) is 0 Å². The molecule has 1 fully saturated rings. The number of hydrogen-bond donors (Lipinski definition) is 1. The van der Waals surface area contributed by atoms with Crippen LogP contribution in [0.4, 0.5) is 5.69 Å². The Balaban J connectivity index is 2.44. The quantitative estimate of drug-likeness (QED) is 0.852. The Morgan fingerprint density at radius 3 is 2.89 bits per heavy atom. The molecule has 1 aliphatic rings. The van der Waals surface area contributed by atoms with Crippen LogP contribution in [0, 0.1) is 5.92 Å². The predicted octanol–water partition coefficient (Wildman–Crippen LogP) is 1.44. The number of methoxy groups -OCH3 is 1. The van der Waals surface area contributed by atoms with Crippen molar-refractivity contribution in [2.45, 2.75) is 6.42 Å². The summed E-state index contributed by atoms with van der Waals surface area (Å²) < 4.78 is 4.72. The number of anilines is 1. The van der Waals surface area contributed by atoms with Crippen molar-refractivity contribution in [3.05, 3.63) is 28.8 Å². The first-order valence-electron chi connectivity index (χ1n) is 5.95. The molecule has 0 spiro atoms. The van der Waals surface area contributed by atoms with Crippen molar-refractivity contribution in [2.75, 3.05) is 25.1 Å². The molecule has 0 bridgehead atoms. The van der Waals surface area contributed by atoms with E-state index in [1.807, 2.05) is 0 Å². The molecule has 102 valence electrons. The highest BCUT2D eigenvalue weighted by Gasteiger charge is 2.33. The van der Waals surface area contributed by atoms with Crippen molar-refractivity contribution in [3.63, 3.8) is 0 Å². The van der Waals surface area contributed by atoms with Gasteiger partial charge in [-0.25, -0.2) is 4.79 Å². The van der Waals surface area contributed by atoms with Gasteiger partial charge in [0.1, 0.15) is 0 Å². The molecule has 1 heterocycles. The van der Waals surface area contributed by atoms with E-state index in [9.17, 15) is 9.59 Å². The van der Waals surface area contributed by atoms with E-state index in [-0.39, 0.29) is 11.8 Å². The number of rotatable bonds is 3. The number of nitrogens with two attached hydrogens (primary N) is 1. The monoisotopic (exact) mass is 282 g/mol. The maximum Gasteiger partial charge on any atom is 0.340 e. The SMILES string of the molecule is COC(=O)c1cccc(Cl)c1N1CC(CN)CC1=O. The molecule has 1 aliphatic heterocycles. The smallest absolute Gasteiger partial charge is 0.340 e. The van der Waals surface area contributed by atoms with Gasteiger partial charge in [0.05, 0.1) is 23.4 Å². The lowest BCUT2D eigenvalue weighted by Crippen LogP contribution is -2.28. The molecule has 0 saturated carbocycles. The van der Waals surface area contributed by atoms with Gasteiger partial charge in [-0.15, -0.1) is 0 Å². The fourth-order valence-corrected chi connectivity index (χ4v) is 2.50. The van der Waals surface area contributed by atoms with Crippen molar-refractivity contribution in [1.82, 2.24) is 0 Å². The molecule has 19 heavy (non-hydrogen) atoms. The van der Waals surface area contributed by atoms with Crippen LogP contribution in [-0.4, -0.2) is 32.1 Å². The standard InChI is InChI=1S/C13H15ClN2O3/c1-19-13(18)9-3-2-4-10(14)12(9)16-7-8(6-15)5-11(16)17/h2-4,8H,5-7,15H2,1H3. The molecule has 1 saturated heterocycles. The van der Waals surface area contributed by atoms with Gasteiger partial charge >= 0.3 is 5.97 Å². The first-order chi connectivity index (χ1) is 9.08. The van der Waals surface area contributed by atoms with E-state index in [0.29, 0.717) is 35.8 Å². The largest absolute Gasteiger partial charge is 0.465 e. The maximum absolute atomic E-state index is 12.0. The van der Waals surface area contributed by atoms with Gasteiger partial charge in [0, 0.05) is 13.0 Å². The summed E-state index contributed by atoms with van der Waals surface area (Å²) in [5, 5.41) is 0.355. The number of carbonyl (C=O) groups is 2. The van der Waals surface area contributed by atoms with Crippen molar-refractivity contribution < 1.29 is 14.3 Å². The molecule has 1 atom stereocenters. The summed E-state index contributed by atoms with van der Waals surface area (Å²) in [6, 6.07) is 4.89. The van der Waals surface area contributed by atoms with Crippen LogP contribution in [0.1, 0.15) is 16.8 Å². The first-order valence-corrected chi connectivity index (χ1v) is 6.33. The molecule has 1 aromatic carbocycles. The highest BCUT2D eigenvalue weighted by Crippen LogP contribution is 2.34. The zero-order chi connectivity index (χ0) is 14.0. The van der Waals surface area contributed by atoms with E-state index in [1.54, 1.807) is 18.2 Å². The van der Waals surface area contributed by atoms with E-state index >= 15 is 0 Å². The predicted molar refractivity (Wildman–Crippen MR) is 72.3 cm³/mol. The van der Waals surface area contributed by atoms with Gasteiger partial charge in [0.15, 0.2) is 0 Å². The fourth-order valence-electron chi connectivity index (χ4n) is 2.22. The summed E-state index contributed by atoms with van der Waals surface area (Å²) in [5.41, 5.74) is 6.30.